The number of rotatable bonds is 0. The Balaban J connectivity index is 2.41. The van der Waals surface area contributed by atoms with E-state index in [1.165, 1.54) is 30.2 Å². The van der Waals surface area contributed by atoms with Gasteiger partial charge in [0, 0.05) is 0 Å². The number of aryl methyl sites for hydroxylation is 1. The van der Waals surface area contributed by atoms with Crippen LogP contribution in [-0.4, -0.2) is 7.28 Å². The highest BCUT2D eigenvalue weighted by Crippen LogP contribution is 2.08. The molecule has 0 spiro atoms. The summed E-state index contributed by atoms with van der Waals surface area (Å²) in [5.74, 6) is 0. The Bertz CT molecular complexity index is 205. The molecule has 0 bridgehead atoms. The van der Waals surface area contributed by atoms with Crippen LogP contribution in [0.5, 0.6) is 0 Å². The normalized spacial score (nSPS) is 15.6. The first-order chi connectivity index (χ1) is 4.97. The van der Waals surface area contributed by atoms with Gasteiger partial charge < -0.3 is 0 Å². The summed E-state index contributed by atoms with van der Waals surface area (Å²) in [6.07, 6.45) is 3.86. The van der Waals surface area contributed by atoms with Gasteiger partial charge in [0.15, 0.2) is 7.28 Å². The molecule has 1 aromatic rings. The van der Waals surface area contributed by atoms with Gasteiger partial charge in [-0.15, -0.1) is 0 Å². The Morgan fingerprint density at radius 3 is 3.00 bits per heavy atom. The highest BCUT2D eigenvalue weighted by molar-refractivity contribution is 6.54. The predicted molar refractivity (Wildman–Crippen MR) is 45.0 cm³/mol. The lowest BCUT2D eigenvalue weighted by atomic mass is 9.60. The van der Waals surface area contributed by atoms with Gasteiger partial charge in [-0.05, 0) is 6.42 Å². The molecular weight excluding hydrogens is 119 g/mol. The van der Waals surface area contributed by atoms with Crippen LogP contribution in [0.1, 0.15) is 12.0 Å². The van der Waals surface area contributed by atoms with Crippen molar-refractivity contribution >= 4 is 12.7 Å². The number of hydrogen-bond acceptors (Lipinski definition) is 0. The molecule has 0 N–H and O–H groups in total. The SMILES string of the molecule is [B]1CCCc2ccccc21. The molecule has 10 heavy (non-hydrogen) atoms. The van der Waals surface area contributed by atoms with Gasteiger partial charge in [0.05, 0.1) is 0 Å². The third-order valence-corrected chi connectivity index (χ3v) is 2.07. The predicted octanol–water partition coefficient (Wildman–Crippen LogP) is 1.38. The van der Waals surface area contributed by atoms with Gasteiger partial charge in [0.1, 0.15) is 0 Å². The summed E-state index contributed by atoms with van der Waals surface area (Å²) in [4.78, 5) is 0. The van der Waals surface area contributed by atoms with Crippen molar-refractivity contribution in [2.45, 2.75) is 19.2 Å². The van der Waals surface area contributed by atoms with Gasteiger partial charge in [0.2, 0.25) is 0 Å². The number of fused-ring (bicyclic) bond motifs is 1. The Hall–Kier alpha value is -0.715. The quantitative estimate of drug-likeness (QED) is 0.464. The van der Waals surface area contributed by atoms with E-state index in [4.69, 9.17) is 0 Å². The zero-order chi connectivity index (χ0) is 6.81. The van der Waals surface area contributed by atoms with Crippen LogP contribution in [0.4, 0.5) is 0 Å². The first-order valence-corrected chi connectivity index (χ1v) is 3.88. The summed E-state index contributed by atoms with van der Waals surface area (Å²) in [5, 5.41) is 0. The second-order valence-electron chi connectivity index (χ2n) is 2.80. The number of benzene rings is 1. The minimum atomic E-state index is 1.26. The maximum Gasteiger partial charge on any atom is 0.151 e. The van der Waals surface area contributed by atoms with Crippen molar-refractivity contribution in [2.24, 2.45) is 0 Å². The minimum Gasteiger partial charge on any atom is -0.0847 e. The van der Waals surface area contributed by atoms with Gasteiger partial charge in [-0.25, -0.2) is 0 Å². The minimum absolute atomic E-state index is 1.26. The summed E-state index contributed by atoms with van der Waals surface area (Å²) >= 11 is 0. The Morgan fingerprint density at radius 1 is 1.20 bits per heavy atom. The molecule has 0 aliphatic carbocycles. The molecule has 1 aliphatic heterocycles. The summed E-state index contributed by atoms with van der Waals surface area (Å²) in [5.41, 5.74) is 2.97. The third-order valence-electron chi connectivity index (χ3n) is 2.07. The molecule has 0 saturated carbocycles. The molecule has 0 unspecified atom stereocenters. The van der Waals surface area contributed by atoms with Gasteiger partial charge in [-0.2, -0.15) is 0 Å². The van der Waals surface area contributed by atoms with E-state index in [9.17, 15) is 0 Å². The van der Waals surface area contributed by atoms with Crippen molar-refractivity contribution in [1.82, 2.24) is 0 Å². The van der Waals surface area contributed by atoms with E-state index in [2.05, 4.69) is 31.5 Å². The van der Waals surface area contributed by atoms with Gasteiger partial charge in [-0.3, -0.25) is 0 Å². The zero-order valence-corrected chi connectivity index (χ0v) is 6.01. The van der Waals surface area contributed by atoms with E-state index in [-0.39, 0.29) is 0 Å². The average molecular weight is 129 g/mol. The monoisotopic (exact) mass is 129 g/mol. The van der Waals surface area contributed by atoms with Gasteiger partial charge in [-0.1, -0.05) is 48.0 Å². The lowest BCUT2D eigenvalue weighted by molar-refractivity contribution is 0.907. The zero-order valence-electron chi connectivity index (χ0n) is 6.01. The van der Waals surface area contributed by atoms with E-state index in [0.29, 0.717) is 0 Å². The van der Waals surface area contributed by atoms with Crippen LogP contribution in [0.25, 0.3) is 0 Å². The van der Waals surface area contributed by atoms with Crippen LogP contribution >= 0.6 is 0 Å². The van der Waals surface area contributed by atoms with Crippen molar-refractivity contribution < 1.29 is 0 Å². The lowest BCUT2D eigenvalue weighted by Crippen LogP contribution is -2.23. The van der Waals surface area contributed by atoms with Crippen molar-refractivity contribution in [1.29, 1.82) is 0 Å². The third kappa shape index (κ3) is 0.963. The lowest BCUT2D eigenvalue weighted by Gasteiger charge is -2.13. The molecule has 0 saturated heterocycles. The summed E-state index contributed by atoms with van der Waals surface area (Å²) in [6.45, 7) is 0. The molecule has 1 heteroatoms. The molecule has 0 fully saturated rings. The molecule has 1 aromatic carbocycles. The maximum absolute atomic E-state index is 2.33. The van der Waals surface area contributed by atoms with Crippen molar-refractivity contribution in [3.8, 4) is 0 Å². The molecule has 2 rings (SSSR count). The van der Waals surface area contributed by atoms with E-state index >= 15 is 0 Å². The Kier molecular flexibility index (Phi) is 1.50. The standard InChI is InChI=1S/C9H10B/c1-2-6-9-8(4-1)5-3-7-10-9/h1-2,4,6H,3,5,7H2. The second kappa shape index (κ2) is 2.49. The largest absolute Gasteiger partial charge is 0.151 e. The van der Waals surface area contributed by atoms with Crippen LogP contribution in [0, 0.1) is 0 Å². The van der Waals surface area contributed by atoms with Crippen molar-refractivity contribution in [3.63, 3.8) is 0 Å². The highest BCUT2D eigenvalue weighted by Gasteiger charge is 2.07. The first kappa shape index (κ1) is 6.02. The molecule has 0 aromatic heterocycles. The van der Waals surface area contributed by atoms with E-state index in [1.54, 1.807) is 0 Å². The fraction of sp³-hybridized carbons (Fsp3) is 0.333. The van der Waals surface area contributed by atoms with Crippen molar-refractivity contribution in [3.05, 3.63) is 29.8 Å². The molecule has 0 amide bonds. The topological polar surface area (TPSA) is 0 Å². The highest BCUT2D eigenvalue weighted by atomic mass is 14.0. The van der Waals surface area contributed by atoms with E-state index in [0.717, 1.165) is 0 Å². The fourth-order valence-electron chi connectivity index (χ4n) is 1.51. The van der Waals surface area contributed by atoms with Crippen molar-refractivity contribution in [2.75, 3.05) is 0 Å². The molecule has 1 heterocycles. The van der Waals surface area contributed by atoms with Crippen LogP contribution in [0.3, 0.4) is 0 Å². The fourth-order valence-corrected chi connectivity index (χ4v) is 1.51. The van der Waals surface area contributed by atoms with E-state index < -0.39 is 0 Å². The molecule has 0 nitrogen and oxygen atoms in total. The van der Waals surface area contributed by atoms with Gasteiger partial charge in [0.25, 0.3) is 0 Å². The van der Waals surface area contributed by atoms with Gasteiger partial charge >= 0.3 is 0 Å². The molecule has 49 valence electrons. The smallest absolute Gasteiger partial charge is 0.0847 e. The summed E-state index contributed by atoms with van der Waals surface area (Å²) in [7, 11) is 2.33. The van der Waals surface area contributed by atoms with Crippen LogP contribution in [-0.2, 0) is 6.42 Å². The summed E-state index contributed by atoms with van der Waals surface area (Å²) in [6, 6.07) is 8.66. The van der Waals surface area contributed by atoms with E-state index in [1.807, 2.05) is 0 Å². The van der Waals surface area contributed by atoms with Crippen LogP contribution in [0.2, 0.25) is 6.32 Å². The molecule has 1 radical (unpaired) electrons. The number of hydrogen-bond donors (Lipinski definition) is 0. The average Bonchev–Trinajstić information content (AvgIpc) is 2.05. The summed E-state index contributed by atoms with van der Waals surface area (Å²) < 4.78 is 0. The Labute approximate surface area is 62.5 Å². The van der Waals surface area contributed by atoms with Crippen LogP contribution in [0.15, 0.2) is 24.3 Å². The Morgan fingerprint density at radius 2 is 2.10 bits per heavy atom. The second-order valence-corrected chi connectivity index (χ2v) is 2.80. The van der Waals surface area contributed by atoms with Crippen LogP contribution < -0.4 is 5.46 Å². The maximum atomic E-state index is 2.33. The molecular formula is C9H10B. The first-order valence-electron chi connectivity index (χ1n) is 3.88. The molecule has 1 aliphatic rings. The molecule has 0 atom stereocenters.